The van der Waals surface area contributed by atoms with Gasteiger partial charge in [-0.1, -0.05) is 0 Å². The number of aromatic nitrogens is 2. The molecule has 0 aliphatic heterocycles. The molecule has 0 unspecified atom stereocenters. The summed E-state index contributed by atoms with van der Waals surface area (Å²) in [6, 6.07) is 0. The molecule has 0 aliphatic rings. The Labute approximate surface area is 74.1 Å². The van der Waals surface area contributed by atoms with Crippen molar-refractivity contribution < 1.29 is 0 Å². The lowest BCUT2D eigenvalue weighted by atomic mass is 10.5. The number of H-pyrrole nitrogens is 1. The third kappa shape index (κ3) is 1.46. The SMILES string of the molecule is Cc1[nH]c(=O)c(Br)nc1Br. The lowest BCUT2D eigenvalue weighted by Gasteiger charge is -1.94. The third-order valence-electron chi connectivity index (χ3n) is 0.994. The summed E-state index contributed by atoms with van der Waals surface area (Å²) < 4.78 is 0.948. The van der Waals surface area contributed by atoms with Crippen molar-refractivity contribution in [1.29, 1.82) is 0 Å². The normalized spacial score (nSPS) is 9.90. The number of aryl methyl sites for hydroxylation is 1. The van der Waals surface area contributed by atoms with Gasteiger partial charge in [-0.3, -0.25) is 4.79 Å². The van der Waals surface area contributed by atoms with Gasteiger partial charge in [-0.25, -0.2) is 4.98 Å². The van der Waals surface area contributed by atoms with Crippen LogP contribution in [0.25, 0.3) is 0 Å². The van der Waals surface area contributed by atoms with Crippen molar-refractivity contribution in [2.24, 2.45) is 0 Å². The molecule has 1 heterocycles. The maximum absolute atomic E-state index is 10.8. The highest BCUT2D eigenvalue weighted by atomic mass is 79.9. The van der Waals surface area contributed by atoms with Crippen LogP contribution in [0.3, 0.4) is 0 Å². The highest BCUT2D eigenvalue weighted by Gasteiger charge is 2.00. The fraction of sp³-hybridized carbons (Fsp3) is 0.200. The molecule has 1 N–H and O–H groups in total. The number of nitrogens with one attached hydrogen (secondary N) is 1. The van der Waals surface area contributed by atoms with E-state index in [4.69, 9.17) is 0 Å². The Hall–Kier alpha value is -0.160. The molecule has 10 heavy (non-hydrogen) atoms. The average molecular weight is 268 g/mol. The summed E-state index contributed by atoms with van der Waals surface area (Å²) in [4.78, 5) is 17.3. The van der Waals surface area contributed by atoms with Gasteiger partial charge in [-0.05, 0) is 38.8 Å². The van der Waals surface area contributed by atoms with Gasteiger partial charge in [0.25, 0.3) is 5.56 Å². The summed E-state index contributed by atoms with van der Waals surface area (Å²) in [5.41, 5.74) is 0.522. The number of hydrogen-bond acceptors (Lipinski definition) is 2. The molecule has 0 radical (unpaired) electrons. The average Bonchev–Trinajstić information content (AvgIpc) is 1.84. The first-order valence-electron chi connectivity index (χ1n) is 2.53. The van der Waals surface area contributed by atoms with E-state index >= 15 is 0 Å². The largest absolute Gasteiger partial charge is 0.322 e. The number of nitrogens with zero attached hydrogens (tertiary/aromatic N) is 1. The summed E-state index contributed by atoms with van der Waals surface area (Å²) in [5, 5.41) is 0. The Morgan fingerprint density at radius 2 is 2.00 bits per heavy atom. The zero-order valence-corrected chi connectivity index (χ0v) is 8.28. The van der Waals surface area contributed by atoms with Gasteiger partial charge >= 0.3 is 0 Å². The fourth-order valence-electron chi connectivity index (χ4n) is 0.494. The third-order valence-corrected chi connectivity index (χ3v) is 2.30. The minimum Gasteiger partial charge on any atom is -0.322 e. The zero-order valence-electron chi connectivity index (χ0n) is 5.11. The number of hydrogen-bond donors (Lipinski definition) is 1. The van der Waals surface area contributed by atoms with Crippen molar-refractivity contribution in [3.63, 3.8) is 0 Å². The van der Waals surface area contributed by atoms with Crippen LogP contribution in [0, 0.1) is 6.92 Å². The number of halogens is 2. The van der Waals surface area contributed by atoms with Gasteiger partial charge in [0.05, 0.1) is 0 Å². The summed E-state index contributed by atoms with van der Waals surface area (Å²) >= 11 is 6.16. The first-order valence-corrected chi connectivity index (χ1v) is 4.12. The zero-order chi connectivity index (χ0) is 7.72. The molecule has 5 heteroatoms. The molecule has 0 spiro atoms. The highest BCUT2D eigenvalue weighted by molar-refractivity contribution is 9.11. The quantitative estimate of drug-likeness (QED) is 0.776. The van der Waals surface area contributed by atoms with E-state index in [1.165, 1.54) is 0 Å². The minimum atomic E-state index is -0.208. The van der Waals surface area contributed by atoms with Gasteiger partial charge in [0.15, 0.2) is 4.60 Å². The molecule has 1 aromatic heterocycles. The molecule has 1 aromatic rings. The molecule has 0 atom stereocenters. The Kier molecular flexibility index (Phi) is 2.25. The predicted molar refractivity (Wildman–Crippen MR) is 45.0 cm³/mol. The highest BCUT2D eigenvalue weighted by Crippen LogP contribution is 2.09. The molecule has 0 aromatic carbocycles. The van der Waals surface area contributed by atoms with Gasteiger partial charge in [0.1, 0.15) is 4.60 Å². The first kappa shape index (κ1) is 7.94. The second-order valence-electron chi connectivity index (χ2n) is 1.77. The molecule has 0 fully saturated rings. The van der Waals surface area contributed by atoms with Crippen molar-refractivity contribution in [2.45, 2.75) is 6.92 Å². The molecule has 0 amide bonds. The summed E-state index contributed by atoms with van der Waals surface area (Å²) in [5.74, 6) is 0. The van der Waals surface area contributed by atoms with Gasteiger partial charge in [-0.2, -0.15) is 0 Å². The molecule has 0 bridgehead atoms. The number of aromatic amines is 1. The van der Waals surface area contributed by atoms with Crippen molar-refractivity contribution in [3.8, 4) is 0 Å². The molecule has 3 nitrogen and oxygen atoms in total. The molecule has 0 saturated carbocycles. The van der Waals surface area contributed by atoms with Crippen LogP contribution < -0.4 is 5.56 Å². The van der Waals surface area contributed by atoms with E-state index in [2.05, 4.69) is 41.8 Å². The van der Waals surface area contributed by atoms with Crippen LogP contribution in [0.2, 0.25) is 0 Å². The monoisotopic (exact) mass is 266 g/mol. The molecule has 1 rings (SSSR count). The Balaban J connectivity index is 3.43. The van der Waals surface area contributed by atoms with Crippen LogP contribution in [0.15, 0.2) is 14.0 Å². The molecule has 0 saturated heterocycles. The van der Waals surface area contributed by atoms with Crippen LogP contribution >= 0.6 is 31.9 Å². The van der Waals surface area contributed by atoms with Crippen LogP contribution in [-0.4, -0.2) is 9.97 Å². The lowest BCUT2D eigenvalue weighted by Crippen LogP contribution is -2.10. The molecular weight excluding hydrogens is 264 g/mol. The first-order chi connectivity index (χ1) is 4.61. The predicted octanol–water partition coefficient (Wildman–Crippen LogP) is 1.60. The van der Waals surface area contributed by atoms with Crippen LogP contribution in [0.4, 0.5) is 0 Å². The molecule has 0 aliphatic carbocycles. The smallest absolute Gasteiger partial charge is 0.281 e. The van der Waals surface area contributed by atoms with Crippen LogP contribution in [0.1, 0.15) is 5.69 Å². The molecular formula is C5H4Br2N2O. The van der Waals surface area contributed by atoms with E-state index < -0.39 is 0 Å². The minimum absolute atomic E-state index is 0.208. The van der Waals surface area contributed by atoms with E-state index in [1.807, 2.05) is 0 Å². The lowest BCUT2D eigenvalue weighted by molar-refractivity contribution is 1.01. The van der Waals surface area contributed by atoms with E-state index in [0.717, 1.165) is 5.69 Å². The second-order valence-corrected chi connectivity index (χ2v) is 3.27. The fourth-order valence-corrected chi connectivity index (χ4v) is 1.29. The maximum Gasteiger partial charge on any atom is 0.281 e. The Morgan fingerprint density at radius 3 is 2.50 bits per heavy atom. The van der Waals surface area contributed by atoms with Gasteiger partial charge in [0.2, 0.25) is 0 Å². The maximum atomic E-state index is 10.8. The van der Waals surface area contributed by atoms with Crippen LogP contribution in [0.5, 0.6) is 0 Å². The van der Waals surface area contributed by atoms with E-state index in [-0.39, 0.29) is 5.56 Å². The van der Waals surface area contributed by atoms with E-state index in [9.17, 15) is 4.79 Å². The Morgan fingerprint density at radius 1 is 1.40 bits per heavy atom. The van der Waals surface area contributed by atoms with E-state index in [1.54, 1.807) is 6.92 Å². The van der Waals surface area contributed by atoms with Crippen molar-refractivity contribution >= 4 is 31.9 Å². The van der Waals surface area contributed by atoms with Crippen LogP contribution in [-0.2, 0) is 0 Å². The van der Waals surface area contributed by atoms with Crippen molar-refractivity contribution in [1.82, 2.24) is 9.97 Å². The summed E-state index contributed by atoms with van der Waals surface area (Å²) in [6.07, 6.45) is 0. The van der Waals surface area contributed by atoms with Gasteiger partial charge in [0, 0.05) is 5.69 Å². The number of rotatable bonds is 0. The topological polar surface area (TPSA) is 45.8 Å². The van der Waals surface area contributed by atoms with Gasteiger partial charge in [-0.15, -0.1) is 0 Å². The summed E-state index contributed by atoms with van der Waals surface area (Å²) in [7, 11) is 0. The standard InChI is InChI=1S/C5H4Br2N2O/c1-2-3(6)9-4(7)5(10)8-2/h1H3,(H,8,10). The molecule has 54 valence electrons. The van der Waals surface area contributed by atoms with Gasteiger partial charge < -0.3 is 4.98 Å². The van der Waals surface area contributed by atoms with Crippen molar-refractivity contribution in [3.05, 3.63) is 25.3 Å². The van der Waals surface area contributed by atoms with E-state index in [0.29, 0.717) is 9.21 Å². The second kappa shape index (κ2) is 2.84. The summed E-state index contributed by atoms with van der Waals surface area (Å²) in [6.45, 7) is 1.77. The van der Waals surface area contributed by atoms with Crippen molar-refractivity contribution in [2.75, 3.05) is 0 Å². The Bertz CT molecular complexity index is 307.